The predicted molar refractivity (Wildman–Crippen MR) is 119 cm³/mol. The molecule has 0 amide bonds. The zero-order chi connectivity index (χ0) is 21.4. The van der Waals surface area contributed by atoms with Crippen molar-refractivity contribution in [3.63, 3.8) is 0 Å². The highest BCUT2D eigenvalue weighted by Crippen LogP contribution is 2.36. The summed E-state index contributed by atoms with van der Waals surface area (Å²) in [6.07, 6.45) is 3.15. The maximum absolute atomic E-state index is 13.6. The molecule has 2 aromatic carbocycles. The first-order valence-electron chi connectivity index (χ1n) is 10.8. The lowest BCUT2D eigenvalue weighted by Crippen LogP contribution is -2.40. The number of hydrogen-bond donors (Lipinski definition) is 2. The largest absolute Gasteiger partial charge is 0.490 e. The molecule has 5 rings (SSSR count). The number of likely N-dealkylation sites (tertiary alicyclic amines) is 1. The Morgan fingerprint density at radius 3 is 2.84 bits per heavy atom. The van der Waals surface area contributed by atoms with Crippen molar-refractivity contribution < 1.29 is 19.0 Å². The summed E-state index contributed by atoms with van der Waals surface area (Å²) < 4.78 is 25.6. The summed E-state index contributed by atoms with van der Waals surface area (Å²) >= 11 is 6.57. The molecule has 0 aromatic heterocycles. The van der Waals surface area contributed by atoms with Crippen molar-refractivity contribution in [1.29, 1.82) is 0 Å². The van der Waals surface area contributed by atoms with Crippen molar-refractivity contribution >= 4 is 22.3 Å². The topological polar surface area (TPSA) is 54.0 Å². The highest BCUT2D eigenvalue weighted by atomic mass is 35.5. The van der Waals surface area contributed by atoms with Crippen LogP contribution in [0, 0.1) is 5.82 Å². The number of rotatable bonds is 4. The van der Waals surface area contributed by atoms with Gasteiger partial charge in [0.2, 0.25) is 0 Å². The van der Waals surface area contributed by atoms with Gasteiger partial charge in [-0.25, -0.2) is 4.39 Å². The number of aliphatic hydroxyl groups is 1. The van der Waals surface area contributed by atoms with E-state index in [0.717, 1.165) is 49.4 Å². The second kappa shape index (κ2) is 8.69. The number of piperidine rings is 1. The molecule has 0 aliphatic carbocycles. The summed E-state index contributed by atoms with van der Waals surface area (Å²) in [4.78, 5) is 2.35. The molecule has 1 saturated heterocycles. The molecular weight excluding hydrogens is 419 g/mol. The van der Waals surface area contributed by atoms with E-state index < -0.39 is 6.23 Å². The lowest BCUT2D eigenvalue weighted by molar-refractivity contribution is 0.104. The fraction of sp³-hybridized carbons (Fsp3) is 0.417. The Kier molecular flexibility index (Phi) is 5.78. The zero-order valence-corrected chi connectivity index (χ0v) is 18.0. The number of nitrogens with zero attached hydrogens (tertiary/aromatic N) is 1. The first-order chi connectivity index (χ1) is 15.0. The van der Waals surface area contributed by atoms with E-state index in [4.69, 9.17) is 21.1 Å². The van der Waals surface area contributed by atoms with Crippen molar-refractivity contribution in [2.24, 2.45) is 0 Å². The lowest BCUT2D eigenvalue weighted by atomic mass is 10.0. The minimum Gasteiger partial charge on any atom is -0.490 e. The third-order valence-electron chi connectivity index (χ3n) is 6.23. The first-order valence-corrected chi connectivity index (χ1v) is 11.2. The molecule has 1 unspecified atom stereocenters. The van der Waals surface area contributed by atoms with Crippen LogP contribution in [-0.2, 0) is 6.42 Å². The van der Waals surface area contributed by atoms with E-state index in [9.17, 15) is 9.50 Å². The molecule has 31 heavy (non-hydrogen) atoms. The van der Waals surface area contributed by atoms with Crippen LogP contribution in [0.1, 0.15) is 30.4 Å². The molecule has 3 aliphatic rings. The lowest BCUT2D eigenvalue weighted by Gasteiger charge is -2.34. The van der Waals surface area contributed by atoms with Gasteiger partial charge >= 0.3 is 0 Å². The SMILES string of the molecule is OC1CCc2cc(OC3CCN(CC4=C(Cl)c5cc(F)ccc5OC4)CC3)ccc2N1. The van der Waals surface area contributed by atoms with Crippen LogP contribution < -0.4 is 14.8 Å². The maximum Gasteiger partial charge on any atom is 0.128 e. The Hall–Kier alpha value is -2.28. The Morgan fingerprint density at radius 2 is 2.00 bits per heavy atom. The number of anilines is 1. The third-order valence-corrected chi connectivity index (χ3v) is 6.70. The molecular formula is C24H26ClFN2O3. The average molecular weight is 445 g/mol. The number of aryl methyl sites for hydroxylation is 1. The van der Waals surface area contributed by atoms with E-state index in [0.29, 0.717) is 35.9 Å². The Morgan fingerprint density at radius 1 is 1.16 bits per heavy atom. The summed E-state index contributed by atoms with van der Waals surface area (Å²) in [5, 5.41) is 13.4. The maximum atomic E-state index is 13.6. The monoisotopic (exact) mass is 444 g/mol. The number of aliphatic hydroxyl groups excluding tert-OH is 1. The standard InChI is InChI=1S/C24H26ClFN2O3/c25-24-16(14-30-22-5-2-17(26)12-20(22)24)13-28-9-7-18(8-10-28)31-19-3-4-21-15(11-19)1-6-23(29)27-21/h2-5,11-12,18,23,27,29H,1,6-10,13-14H2. The van der Waals surface area contributed by atoms with Crippen LogP contribution in [0.5, 0.6) is 11.5 Å². The van der Waals surface area contributed by atoms with Crippen molar-refractivity contribution in [3.05, 3.63) is 58.9 Å². The number of hydrogen-bond acceptors (Lipinski definition) is 5. The normalized spacial score (nSPS) is 21.7. The summed E-state index contributed by atoms with van der Waals surface area (Å²) in [6.45, 7) is 2.97. The summed E-state index contributed by atoms with van der Waals surface area (Å²) in [6, 6.07) is 10.5. The van der Waals surface area contributed by atoms with Gasteiger partial charge in [0.25, 0.3) is 0 Å². The van der Waals surface area contributed by atoms with Gasteiger partial charge in [-0.15, -0.1) is 0 Å². The average Bonchev–Trinajstić information content (AvgIpc) is 2.77. The zero-order valence-electron chi connectivity index (χ0n) is 17.2. The summed E-state index contributed by atoms with van der Waals surface area (Å²) in [5.41, 5.74) is 3.80. The van der Waals surface area contributed by atoms with Crippen LogP contribution in [0.4, 0.5) is 10.1 Å². The van der Waals surface area contributed by atoms with Crippen molar-refractivity contribution in [2.45, 2.75) is 38.0 Å². The van der Waals surface area contributed by atoms with E-state index in [1.807, 2.05) is 12.1 Å². The van der Waals surface area contributed by atoms with E-state index >= 15 is 0 Å². The van der Waals surface area contributed by atoms with Gasteiger partial charge in [0.1, 0.15) is 36.3 Å². The molecule has 0 spiro atoms. The second-order valence-corrected chi connectivity index (χ2v) is 8.84. The number of ether oxygens (including phenoxy) is 2. The number of halogens is 2. The first kappa shape index (κ1) is 20.6. The number of benzene rings is 2. The van der Waals surface area contributed by atoms with Gasteiger partial charge in [0.15, 0.2) is 0 Å². The minimum absolute atomic E-state index is 0.179. The Labute approximate surface area is 186 Å². The highest BCUT2D eigenvalue weighted by molar-refractivity contribution is 6.49. The van der Waals surface area contributed by atoms with Crippen molar-refractivity contribution in [3.8, 4) is 11.5 Å². The molecule has 5 nitrogen and oxygen atoms in total. The molecule has 3 heterocycles. The highest BCUT2D eigenvalue weighted by Gasteiger charge is 2.25. The fourth-order valence-electron chi connectivity index (χ4n) is 4.52. The van der Waals surface area contributed by atoms with Gasteiger partial charge in [-0.1, -0.05) is 11.6 Å². The molecule has 2 aromatic rings. The molecule has 3 aliphatic heterocycles. The third kappa shape index (κ3) is 4.52. The smallest absolute Gasteiger partial charge is 0.128 e. The number of fused-ring (bicyclic) bond motifs is 2. The van der Waals surface area contributed by atoms with Crippen LogP contribution in [0.2, 0.25) is 0 Å². The molecule has 7 heteroatoms. The summed E-state index contributed by atoms with van der Waals surface area (Å²) in [5.74, 6) is 1.21. The predicted octanol–water partition coefficient (Wildman–Crippen LogP) is 4.39. The van der Waals surface area contributed by atoms with E-state index in [-0.39, 0.29) is 11.9 Å². The van der Waals surface area contributed by atoms with E-state index in [1.165, 1.54) is 17.7 Å². The van der Waals surface area contributed by atoms with Crippen molar-refractivity contribution in [2.75, 3.05) is 31.6 Å². The van der Waals surface area contributed by atoms with Gasteiger partial charge < -0.3 is 19.9 Å². The fourth-order valence-corrected chi connectivity index (χ4v) is 4.78. The Balaban J connectivity index is 1.17. The second-order valence-electron chi connectivity index (χ2n) is 8.46. The van der Waals surface area contributed by atoms with E-state index in [1.54, 1.807) is 6.07 Å². The van der Waals surface area contributed by atoms with Crippen LogP contribution in [0.15, 0.2) is 42.0 Å². The van der Waals surface area contributed by atoms with Gasteiger partial charge in [-0.2, -0.15) is 0 Å². The molecule has 1 fully saturated rings. The molecule has 0 radical (unpaired) electrons. The molecule has 0 saturated carbocycles. The van der Waals surface area contributed by atoms with Crippen LogP contribution >= 0.6 is 11.6 Å². The quantitative estimate of drug-likeness (QED) is 0.732. The van der Waals surface area contributed by atoms with Crippen LogP contribution in [0.25, 0.3) is 5.03 Å². The van der Waals surface area contributed by atoms with Crippen LogP contribution in [0.3, 0.4) is 0 Å². The molecule has 2 N–H and O–H groups in total. The minimum atomic E-state index is -0.464. The molecule has 164 valence electrons. The van der Waals surface area contributed by atoms with Gasteiger partial charge in [-0.3, -0.25) is 4.90 Å². The van der Waals surface area contributed by atoms with Gasteiger partial charge in [-0.05, 0) is 67.6 Å². The Bertz CT molecular complexity index is 1000. The number of nitrogens with one attached hydrogen (secondary N) is 1. The molecule has 1 atom stereocenters. The molecule has 0 bridgehead atoms. The van der Waals surface area contributed by atoms with Gasteiger partial charge in [0.05, 0.1) is 5.03 Å². The van der Waals surface area contributed by atoms with Gasteiger partial charge in [0, 0.05) is 36.5 Å². The van der Waals surface area contributed by atoms with Crippen LogP contribution in [-0.4, -0.2) is 48.6 Å². The van der Waals surface area contributed by atoms with Crippen molar-refractivity contribution in [1.82, 2.24) is 4.90 Å². The summed E-state index contributed by atoms with van der Waals surface area (Å²) in [7, 11) is 0. The van der Waals surface area contributed by atoms with E-state index in [2.05, 4.69) is 16.3 Å².